The Hall–Kier alpha value is -1.06. The molecule has 1 aromatic carbocycles. The second-order valence-electron chi connectivity index (χ2n) is 3.44. The van der Waals surface area contributed by atoms with Crippen molar-refractivity contribution in [2.24, 2.45) is 0 Å². The van der Waals surface area contributed by atoms with Gasteiger partial charge in [-0.2, -0.15) is 0 Å². The highest BCUT2D eigenvalue weighted by Gasteiger charge is 2.12. The van der Waals surface area contributed by atoms with Crippen LogP contribution >= 0.6 is 11.6 Å². The standard InChI is InChI=1S/C12H16ClNO2/c1-2-14(7-8-15)12(16)11-5-3-10(9-13)4-6-11/h3-6,15H,2,7-9H2,1H3. The molecule has 0 aliphatic rings. The molecule has 0 aliphatic carbocycles. The van der Waals surface area contributed by atoms with Crippen LogP contribution in [-0.2, 0) is 5.88 Å². The van der Waals surface area contributed by atoms with E-state index >= 15 is 0 Å². The number of amides is 1. The molecule has 0 aliphatic heterocycles. The highest BCUT2D eigenvalue weighted by atomic mass is 35.5. The first-order valence-corrected chi connectivity index (χ1v) is 5.81. The van der Waals surface area contributed by atoms with E-state index in [9.17, 15) is 4.79 Å². The molecule has 0 saturated carbocycles. The summed E-state index contributed by atoms with van der Waals surface area (Å²) in [6.45, 7) is 2.84. The van der Waals surface area contributed by atoms with Crippen LogP contribution in [-0.4, -0.2) is 35.6 Å². The zero-order chi connectivity index (χ0) is 12.0. The number of nitrogens with zero attached hydrogens (tertiary/aromatic N) is 1. The van der Waals surface area contributed by atoms with Crippen molar-refractivity contribution >= 4 is 17.5 Å². The van der Waals surface area contributed by atoms with Gasteiger partial charge >= 0.3 is 0 Å². The van der Waals surface area contributed by atoms with Crippen LogP contribution in [0.5, 0.6) is 0 Å². The predicted molar refractivity (Wildman–Crippen MR) is 64.7 cm³/mol. The summed E-state index contributed by atoms with van der Waals surface area (Å²) >= 11 is 5.67. The second-order valence-corrected chi connectivity index (χ2v) is 3.71. The molecule has 4 heteroatoms. The Kier molecular flexibility index (Phi) is 5.29. The fourth-order valence-electron chi connectivity index (χ4n) is 1.44. The lowest BCUT2D eigenvalue weighted by Crippen LogP contribution is -2.33. The van der Waals surface area contributed by atoms with Crippen LogP contribution in [0.1, 0.15) is 22.8 Å². The molecule has 0 unspecified atom stereocenters. The molecular weight excluding hydrogens is 226 g/mol. The minimum atomic E-state index is -0.0577. The molecule has 1 amide bonds. The van der Waals surface area contributed by atoms with Gasteiger partial charge in [-0.3, -0.25) is 4.79 Å². The summed E-state index contributed by atoms with van der Waals surface area (Å²) in [7, 11) is 0. The Morgan fingerprint density at radius 3 is 2.44 bits per heavy atom. The van der Waals surface area contributed by atoms with E-state index in [4.69, 9.17) is 16.7 Å². The number of hydrogen-bond donors (Lipinski definition) is 1. The summed E-state index contributed by atoms with van der Waals surface area (Å²) in [5, 5.41) is 8.83. The lowest BCUT2D eigenvalue weighted by atomic mass is 10.1. The molecular formula is C12H16ClNO2. The minimum absolute atomic E-state index is 0.0145. The molecule has 1 rings (SSSR count). The summed E-state index contributed by atoms with van der Waals surface area (Å²) in [5.41, 5.74) is 1.62. The third kappa shape index (κ3) is 3.22. The van der Waals surface area contributed by atoms with Crippen LogP contribution in [0, 0.1) is 0 Å². The first-order chi connectivity index (χ1) is 7.72. The van der Waals surface area contributed by atoms with Gasteiger partial charge in [0.1, 0.15) is 0 Å². The van der Waals surface area contributed by atoms with Gasteiger partial charge in [0.25, 0.3) is 5.91 Å². The van der Waals surface area contributed by atoms with Gasteiger partial charge in [-0.25, -0.2) is 0 Å². The van der Waals surface area contributed by atoms with Crippen LogP contribution in [0.4, 0.5) is 0 Å². The van der Waals surface area contributed by atoms with Crippen molar-refractivity contribution in [3.63, 3.8) is 0 Å². The summed E-state index contributed by atoms with van der Waals surface area (Å²) in [5.74, 6) is 0.389. The first kappa shape index (κ1) is 13.0. The Morgan fingerprint density at radius 2 is 2.00 bits per heavy atom. The third-order valence-electron chi connectivity index (χ3n) is 2.39. The topological polar surface area (TPSA) is 40.5 Å². The predicted octanol–water partition coefficient (Wildman–Crippen LogP) is 1.88. The lowest BCUT2D eigenvalue weighted by molar-refractivity contribution is 0.0732. The molecule has 0 heterocycles. The van der Waals surface area contributed by atoms with Gasteiger partial charge in [0.2, 0.25) is 0 Å². The third-order valence-corrected chi connectivity index (χ3v) is 2.70. The van der Waals surface area contributed by atoms with Crippen molar-refractivity contribution < 1.29 is 9.90 Å². The van der Waals surface area contributed by atoms with Crippen LogP contribution in [0.3, 0.4) is 0 Å². The highest BCUT2D eigenvalue weighted by molar-refractivity contribution is 6.17. The van der Waals surface area contributed by atoms with Crippen molar-refractivity contribution in [3.8, 4) is 0 Å². The van der Waals surface area contributed by atoms with Gasteiger partial charge in [-0.15, -0.1) is 11.6 Å². The molecule has 16 heavy (non-hydrogen) atoms. The van der Waals surface area contributed by atoms with Gasteiger partial charge in [0.05, 0.1) is 6.61 Å². The zero-order valence-electron chi connectivity index (χ0n) is 9.32. The van der Waals surface area contributed by atoms with Crippen molar-refractivity contribution in [1.29, 1.82) is 0 Å². The summed E-state index contributed by atoms with van der Waals surface area (Å²) in [6.07, 6.45) is 0. The maximum absolute atomic E-state index is 11.9. The maximum atomic E-state index is 11.9. The highest BCUT2D eigenvalue weighted by Crippen LogP contribution is 2.09. The van der Waals surface area contributed by atoms with Crippen molar-refractivity contribution in [1.82, 2.24) is 4.90 Å². The SMILES string of the molecule is CCN(CCO)C(=O)c1ccc(CCl)cc1. The smallest absolute Gasteiger partial charge is 0.253 e. The van der Waals surface area contributed by atoms with E-state index in [1.54, 1.807) is 17.0 Å². The number of carbonyl (C=O) groups is 1. The average molecular weight is 242 g/mol. The van der Waals surface area contributed by atoms with Crippen LogP contribution in [0.25, 0.3) is 0 Å². The van der Waals surface area contributed by atoms with Crippen molar-refractivity contribution in [2.45, 2.75) is 12.8 Å². The maximum Gasteiger partial charge on any atom is 0.253 e. The van der Waals surface area contributed by atoms with Gasteiger partial charge in [-0.05, 0) is 24.6 Å². The number of benzene rings is 1. The largest absolute Gasteiger partial charge is 0.395 e. The Bertz CT molecular complexity index is 337. The normalized spacial score (nSPS) is 10.2. The van der Waals surface area contributed by atoms with Crippen LogP contribution in [0.15, 0.2) is 24.3 Å². The summed E-state index contributed by atoms with van der Waals surface area (Å²) < 4.78 is 0. The van der Waals surface area contributed by atoms with Gasteiger partial charge < -0.3 is 10.0 Å². The lowest BCUT2D eigenvalue weighted by Gasteiger charge is -2.19. The molecule has 0 radical (unpaired) electrons. The molecule has 0 bridgehead atoms. The average Bonchev–Trinajstić information content (AvgIpc) is 2.35. The molecule has 0 fully saturated rings. The van der Waals surface area contributed by atoms with Crippen molar-refractivity contribution in [3.05, 3.63) is 35.4 Å². The van der Waals surface area contributed by atoms with E-state index in [0.717, 1.165) is 5.56 Å². The Morgan fingerprint density at radius 1 is 1.38 bits per heavy atom. The fraction of sp³-hybridized carbons (Fsp3) is 0.417. The number of likely N-dealkylation sites (N-methyl/N-ethyl adjacent to an activating group) is 1. The monoisotopic (exact) mass is 241 g/mol. The summed E-state index contributed by atoms with van der Waals surface area (Å²) in [6, 6.07) is 7.21. The zero-order valence-corrected chi connectivity index (χ0v) is 10.1. The van der Waals surface area contributed by atoms with E-state index < -0.39 is 0 Å². The Balaban J connectivity index is 2.78. The van der Waals surface area contributed by atoms with E-state index in [2.05, 4.69) is 0 Å². The number of carbonyl (C=O) groups excluding carboxylic acids is 1. The molecule has 0 atom stereocenters. The number of rotatable bonds is 5. The Labute approximate surface area is 101 Å². The molecule has 0 aromatic heterocycles. The van der Waals surface area contributed by atoms with Gasteiger partial charge in [0, 0.05) is 24.5 Å². The second kappa shape index (κ2) is 6.51. The van der Waals surface area contributed by atoms with Crippen molar-refractivity contribution in [2.75, 3.05) is 19.7 Å². The molecule has 1 aromatic rings. The minimum Gasteiger partial charge on any atom is -0.395 e. The summed E-state index contributed by atoms with van der Waals surface area (Å²) in [4.78, 5) is 13.6. The molecule has 88 valence electrons. The van der Waals surface area contributed by atoms with Gasteiger partial charge in [0.15, 0.2) is 0 Å². The van der Waals surface area contributed by atoms with Gasteiger partial charge in [-0.1, -0.05) is 12.1 Å². The molecule has 1 N–H and O–H groups in total. The number of halogens is 1. The van der Waals surface area contributed by atoms with E-state index in [0.29, 0.717) is 24.5 Å². The van der Waals surface area contributed by atoms with Crippen LogP contribution < -0.4 is 0 Å². The number of alkyl halides is 1. The molecule has 0 spiro atoms. The van der Waals surface area contributed by atoms with E-state index in [1.165, 1.54) is 0 Å². The molecule has 3 nitrogen and oxygen atoms in total. The quantitative estimate of drug-likeness (QED) is 0.800. The number of aliphatic hydroxyl groups excluding tert-OH is 1. The van der Waals surface area contributed by atoms with E-state index in [-0.39, 0.29) is 12.5 Å². The first-order valence-electron chi connectivity index (χ1n) is 5.28. The van der Waals surface area contributed by atoms with Crippen LogP contribution in [0.2, 0.25) is 0 Å². The fourth-order valence-corrected chi connectivity index (χ4v) is 1.62. The van der Waals surface area contributed by atoms with E-state index in [1.807, 2.05) is 19.1 Å². The number of aliphatic hydroxyl groups is 1. The number of hydrogen-bond acceptors (Lipinski definition) is 2. The molecule has 0 saturated heterocycles.